The molecule has 0 aliphatic carbocycles. The van der Waals surface area contributed by atoms with Crippen molar-refractivity contribution in [1.82, 2.24) is 5.32 Å². The molecule has 1 saturated heterocycles. The highest BCUT2D eigenvalue weighted by Crippen LogP contribution is 2.18. The van der Waals surface area contributed by atoms with Crippen molar-refractivity contribution in [3.63, 3.8) is 0 Å². The number of hydrogen-bond acceptors (Lipinski definition) is 4. The number of ether oxygens (including phenoxy) is 1. The molecule has 19 heavy (non-hydrogen) atoms. The lowest BCUT2D eigenvalue weighted by atomic mass is 10.0. The standard InChI is InChI=1S/C14H18N2O3/c1-19-14(18)11-4-2-3-5-12(11)16-13(17)8-10-6-7-15-9-10/h2-5,10,15H,6-9H2,1H3,(H,16,17). The quantitative estimate of drug-likeness (QED) is 0.805. The van der Waals surface area contributed by atoms with Crippen LogP contribution in [0.3, 0.4) is 0 Å². The molecule has 5 nitrogen and oxygen atoms in total. The molecule has 1 atom stereocenters. The van der Waals surface area contributed by atoms with Crippen LogP contribution in [0.2, 0.25) is 0 Å². The summed E-state index contributed by atoms with van der Waals surface area (Å²) < 4.78 is 4.69. The lowest BCUT2D eigenvalue weighted by molar-refractivity contribution is -0.116. The number of esters is 1. The molecule has 1 aliphatic heterocycles. The fourth-order valence-electron chi connectivity index (χ4n) is 2.23. The summed E-state index contributed by atoms with van der Waals surface area (Å²) in [7, 11) is 1.32. The maximum Gasteiger partial charge on any atom is 0.339 e. The highest BCUT2D eigenvalue weighted by molar-refractivity contribution is 6.01. The molecule has 2 rings (SSSR count). The molecular weight excluding hydrogens is 244 g/mol. The lowest BCUT2D eigenvalue weighted by Gasteiger charge is -2.11. The summed E-state index contributed by atoms with van der Waals surface area (Å²) in [6.45, 7) is 1.85. The molecular formula is C14H18N2O3. The first-order valence-corrected chi connectivity index (χ1v) is 6.38. The zero-order valence-corrected chi connectivity index (χ0v) is 10.9. The molecule has 0 aromatic heterocycles. The Kier molecular flexibility index (Phi) is 4.52. The lowest BCUT2D eigenvalue weighted by Crippen LogP contribution is -2.19. The van der Waals surface area contributed by atoms with Gasteiger partial charge in [-0.1, -0.05) is 12.1 Å². The second-order valence-corrected chi connectivity index (χ2v) is 4.65. The SMILES string of the molecule is COC(=O)c1ccccc1NC(=O)CC1CCNC1. The maximum absolute atomic E-state index is 11.9. The molecule has 0 spiro atoms. The Morgan fingerprint density at radius 1 is 1.42 bits per heavy atom. The third-order valence-corrected chi connectivity index (χ3v) is 3.24. The number of para-hydroxylation sites is 1. The summed E-state index contributed by atoms with van der Waals surface area (Å²) in [5.74, 6) is -0.131. The van der Waals surface area contributed by atoms with Gasteiger partial charge in [0.15, 0.2) is 0 Å². The van der Waals surface area contributed by atoms with Crippen LogP contribution in [0.5, 0.6) is 0 Å². The number of amides is 1. The largest absolute Gasteiger partial charge is 0.465 e. The monoisotopic (exact) mass is 262 g/mol. The van der Waals surface area contributed by atoms with Crippen molar-refractivity contribution in [1.29, 1.82) is 0 Å². The normalized spacial score (nSPS) is 18.1. The average molecular weight is 262 g/mol. The molecule has 1 aliphatic rings. The van der Waals surface area contributed by atoms with Crippen LogP contribution >= 0.6 is 0 Å². The third kappa shape index (κ3) is 3.54. The van der Waals surface area contributed by atoms with Gasteiger partial charge >= 0.3 is 5.97 Å². The van der Waals surface area contributed by atoms with Crippen LogP contribution in [0, 0.1) is 5.92 Å². The van der Waals surface area contributed by atoms with Gasteiger partial charge in [0.05, 0.1) is 18.4 Å². The number of carbonyl (C=O) groups is 2. The van der Waals surface area contributed by atoms with Gasteiger partial charge in [0.25, 0.3) is 0 Å². The van der Waals surface area contributed by atoms with Gasteiger partial charge in [0.2, 0.25) is 5.91 Å². The highest BCUT2D eigenvalue weighted by Gasteiger charge is 2.19. The van der Waals surface area contributed by atoms with E-state index in [9.17, 15) is 9.59 Å². The topological polar surface area (TPSA) is 67.4 Å². The molecule has 1 heterocycles. The zero-order chi connectivity index (χ0) is 13.7. The number of hydrogen-bond donors (Lipinski definition) is 2. The van der Waals surface area contributed by atoms with Crippen LogP contribution in [0.1, 0.15) is 23.2 Å². The number of benzene rings is 1. The van der Waals surface area contributed by atoms with E-state index >= 15 is 0 Å². The van der Waals surface area contributed by atoms with Crippen LogP contribution in [0.4, 0.5) is 5.69 Å². The van der Waals surface area contributed by atoms with Crippen LogP contribution in [0.25, 0.3) is 0 Å². The predicted octanol–water partition coefficient (Wildman–Crippen LogP) is 1.41. The molecule has 2 N–H and O–H groups in total. The second kappa shape index (κ2) is 6.33. The van der Waals surface area contributed by atoms with E-state index in [1.165, 1.54) is 7.11 Å². The van der Waals surface area contributed by atoms with Gasteiger partial charge in [-0.25, -0.2) is 4.79 Å². The fourth-order valence-corrected chi connectivity index (χ4v) is 2.23. The van der Waals surface area contributed by atoms with Crippen molar-refractivity contribution >= 4 is 17.6 Å². The minimum absolute atomic E-state index is 0.0648. The van der Waals surface area contributed by atoms with Gasteiger partial charge in [0.1, 0.15) is 0 Å². The summed E-state index contributed by atoms with van der Waals surface area (Å²) in [4.78, 5) is 23.5. The predicted molar refractivity (Wildman–Crippen MR) is 72.0 cm³/mol. The Hall–Kier alpha value is -1.88. The third-order valence-electron chi connectivity index (χ3n) is 3.24. The maximum atomic E-state index is 11.9. The van der Waals surface area contributed by atoms with Gasteiger partial charge in [-0.15, -0.1) is 0 Å². The van der Waals surface area contributed by atoms with E-state index < -0.39 is 5.97 Å². The van der Waals surface area contributed by atoms with Crippen LogP contribution < -0.4 is 10.6 Å². The molecule has 0 radical (unpaired) electrons. The summed E-state index contributed by atoms with van der Waals surface area (Å²) in [5.41, 5.74) is 0.883. The number of anilines is 1. The Bertz CT molecular complexity index is 468. The molecule has 1 aromatic carbocycles. The Balaban J connectivity index is 2.01. The van der Waals surface area contributed by atoms with Crippen LogP contribution in [-0.4, -0.2) is 32.1 Å². The summed E-state index contributed by atoms with van der Waals surface area (Å²) >= 11 is 0. The van der Waals surface area contributed by atoms with Gasteiger partial charge in [-0.3, -0.25) is 4.79 Å². The second-order valence-electron chi connectivity index (χ2n) is 4.65. The van der Waals surface area contributed by atoms with Crippen molar-refractivity contribution in [3.05, 3.63) is 29.8 Å². The van der Waals surface area contributed by atoms with E-state index in [1.807, 2.05) is 0 Å². The van der Waals surface area contributed by atoms with Crippen molar-refractivity contribution in [3.8, 4) is 0 Å². The van der Waals surface area contributed by atoms with E-state index in [1.54, 1.807) is 24.3 Å². The zero-order valence-electron chi connectivity index (χ0n) is 10.9. The molecule has 1 unspecified atom stereocenters. The first-order valence-electron chi connectivity index (χ1n) is 6.38. The van der Waals surface area contributed by atoms with E-state index in [0.717, 1.165) is 19.5 Å². The van der Waals surface area contributed by atoms with Crippen molar-refractivity contribution in [2.45, 2.75) is 12.8 Å². The van der Waals surface area contributed by atoms with E-state index in [0.29, 0.717) is 23.6 Å². The van der Waals surface area contributed by atoms with Gasteiger partial charge in [-0.05, 0) is 37.6 Å². The van der Waals surface area contributed by atoms with Crippen LogP contribution in [0.15, 0.2) is 24.3 Å². The molecule has 1 amide bonds. The summed E-state index contributed by atoms with van der Waals surface area (Å²) in [6.07, 6.45) is 1.49. The number of carbonyl (C=O) groups excluding carboxylic acids is 2. The van der Waals surface area contributed by atoms with E-state index in [2.05, 4.69) is 10.6 Å². The number of methoxy groups -OCH3 is 1. The van der Waals surface area contributed by atoms with Crippen LogP contribution in [-0.2, 0) is 9.53 Å². The van der Waals surface area contributed by atoms with Crippen molar-refractivity contribution in [2.75, 3.05) is 25.5 Å². The first-order chi connectivity index (χ1) is 9.20. The molecule has 1 fully saturated rings. The molecule has 5 heteroatoms. The molecule has 102 valence electrons. The Morgan fingerprint density at radius 3 is 2.89 bits per heavy atom. The number of rotatable bonds is 4. The van der Waals surface area contributed by atoms with Gasteiger partial charge in [0, 0.05) is 6.42 Å². The van der Waals surface area contributed by atoms with Gasteiger partial charge in [-0.2, -0.15) is 0 Å². The first kappa shape index (κ1) is 13.5. The smallest absolute Gasteiger partial charge is 0.339 e. The van der Waals surface area contributed by atoms with Gasteiger partial charge < -0.3 is 15.4 Å². The number of nitrogens with one attached hydrogen (secondary N) is 2. The minimum atomic E-state index is -0.446. The van der Waals surface area contributed by atoms with E-state index in [4.69, 9.17) is 4.74 Å². The average Bonchev–Trinajstić information content (AvgIpc) is 2.91. The minimum Gasteiger partial charge on any atom is -0.465 e. The summed E-state index contributed by atoms with van der Waals surface area (Å²) in [5, 5.41) is 6.01. The summed E-state index contributed by atoms with van der Waals surface area (Å²) in [6, 6.07) is 6.86. The highest BCUT2D eigenvalue weighted by atomic mass is 16.5. The molecule has 0 saturated carbocycles. The molecule has 0 bridgehead atoms. The van der Waals surface area contributed by atoms with Crippen molar-refractivity contribution < 1.29 is 14.3 Å². The molecule has 1 aromatic rings. The Morgan fingerprint density at radius 2 is 2.21 bits per heavy atom. The van der Waals surface area contributed by atoms with E-state index in [-0.39, 0.29) is 5.91 Å². The Labute approximate surface area is 112 Å². The van der Waals surface area contributed by atoms with Crippen molar-refractivity contribution in [2.24, 2.45) is 5.92 Å². The fraction of sp³-hybridized carbons (Fsp3) is 0.429.